The third-order valence-electron chi connectivity index (χ3n) is 5.12. The van der Waals surface area contributed by atoms with E-state index in [9.17, 15) is 13.9 Å². The second-order valence-corrected chi connectivity index (χ2v) is 7.82. The summed E-state index contributed by atoms with van der Waals surface area (Å²) in [5.74, 6) is 0.650. The Morgan fingerprint density at radius 1 is 1.06 bits per heavy atom. The smallest absolute Gasteiger partial charge is 0.387 e. The van der Waals surface area contributed by atoms with Gasteiger partial charge in [-0.15, -0.1) is 24.0 Å². The van der Waals surface area contributed by atoms with Gasteiger partial charge in [0.1, 0.15) is 5.75 Å². The molecule has 9 heteroatoms. The van der Waals surface area contributed by atoms with Gasteiger partial charge in [-0.25, -0.2) is 4.99 Å². The van der Waals surface area contributed by atoms with Crippen LogP contribution in [0.15, 0.2) is 53.5 Å². The maximum Gasteiger partial charge on any atom is 0.387 e. The van der Waals surface area contributed by atoms with E-state index < -0.39 is 12.7 Å². The average molecular weight is 576 g/mol. The van der Waals surface area contributed by atoms with Crippen LogP contribution in [-0.4, -0.2) is 48.8 Å². The molecule has 1 unspecified atom stereocenters. The molecule has 0 heterocycles. The minimum Gasteiger partial charge on any atom is -0.435 e. The number of ether oxygens (including phenoxy) is 1. The highest BCUT2D eigenvalue weighted by atomic mass is 127. The monoisotopic (exact) mass is 576 g/mol. The van der Waals surface area contributed by atoms with E-state index in [0.717, 1.165) is 12.1 Å². The number of nitrogens with zero attached hydrogens (tertiary/aromatic N) is 2. The maximum absolute atomic E-state index is 12.3. The van der Waals surface area contributed by atoms with Crippen LogP contribution in [0.5, 0.6) is 5.75 Å². The molecule has 0 amide bonds. The van der Waals surface area contributed by atoms with Crippen molar-refractivity contribution in [3.63, 3.8) is 0 Å². The molecule has 2 aromatic carbocycles. The van der Waals surface area contributed by atoms with Gasteiger partial charge in [0, 0.05) is 25.7 Å². The van der Waals surface area contributed by atoms with E-state index in [1.165, 1.54) is 17.7 Å². The Morgan fingerprint density at radius 2 is 1.70 bits per heavy atom. The van der Waals surface area contributed by atoms with Crippen molar-refractivity contribution in [2.75, 3.05) is 20.1 Å². The Bertz CT molecular complexity index is 851. The molecule has 0 radical (unpaired) electrons. The fourth-order valence-electron chi connectivity index (χ4n) is 3.01. The minimum absolute atomic E-state index is 0. The summed E-state index contributed by atoms with van der Waals surface area (Å²) >= 11 is 0. The number of guanidine groups is 1. The molecular weight excluding hydrogens is 541 g/mol. The standard InChI is InChI=1S/C24H34F2N4O2.HI/c1-5-27-24(28-14-19-8-6-7-9-20(19)16-30(4)17(2)3)29-15-22(31)18-10-12-21(13-11-18)32-23(25)26;/h6-13,17,22-23,31H,5,14-16H2,1-4H3,(H2,27,28,29);1H. The lowest BCUT2D eigenvalue weighted by Gasteiger charge is -2.22. The zero-order chi connectivity index (χ0) is 23.5. The third kappa shape index (κ3) is 10.2. The summed E-state index contributed by atoms with van der Waals surface area (Å²) in [5, 5.41) is 16.8. The molecule has 0 spiro atoms. The van der Waals surface area contributed by atoms with Gasteiger partial charge in [0.05, 0.1) is 12.6 Å². The molecule has 6 nitrogen and oxygen atoms in total. The van der Waals surface area contributed by atoms with E-state index in [1.54, 1.807) is 12.1 Å². The predicted octanol–water partition coefficient (Wildman–Crippen LogP) is 4.53. The van der Waals surface area contributed by atoms with Gasteiger partial charge in [-0.05, 0) is 56.6 Å². The fraction of sp³-hybridized carbons (Fsp3) is 0.458. The molecule has 0 aliphatic heterocycles. The van der Waals surface area contributed by atoms with Crippen LogP contribution >= 0.6 is 24.0 Å². The van der Waals surface area contributed by atoms with Gasteiger partial charge < -0.3 is 20.5 Å². The lowest BCUT2D eigenvalue weighted by atomic mass is 10.1. The molecule has 0 bridgehead atoms. The van der Waals surface area contributed by atoms with Crippen LogP contribution in [0.3, 0.4) is 0 Å². The van der Waals surface area contributed by atoms with Gasteiger partial charge in [-0.3, -0.25) is 4.90 Å². The normalized spacial score (nSPS) is 12.6. The molecule has 0 aromatic heterocycles. The highest BCUT2D eigenvalue weighted by Crippen LogP contribution is 2.19. The van der Waals surface area contributed by atoms with Crippen molar-refractivity contribution in [2.24, 2.45) is 4.99 Å². The summed E-state index contributed by atoms with van der Waals surface area (Å²) in [6.07, 6.45) is -0.827. The number of halogens is 3. The molecule has 3 N–H and O–H groups in total. The van der Waals surface area contributed by atoms with Crippen LogP contribution in [0.4, 0.5) is 8.78 Å². The first-order valence-electron chi connectivity index (χ1n) is 10.8. The van der Waals surface area contributed by atoms with Gasteiger partial charge in [0.25, 0.3) is 0 Å². The molecule has 0 aliphatic carbocycles. The minimum atomic E-state index is -2.87. The number of nitrogens with one attached hydrogen (secondary N) is 2. The van der Waals surface area contributed by atoms with Crippen LogP contribution in [0, 0.1) is 0 Å². The quantitative estimate of drug-likeness (QED) is 0.208. The molecule has 33 heavy (non-hydrogen) atoms. The summed E-state index contributed by atoms with van der Waals surface area (Å²) in [4.78, 5) is 6.95. The highest BCUT2D eigenvalue weighted by molar-refractivity contribution is 14.0. The molecule has 1 atom stereocenters. The van der Waals surface area contributed by atoms with Gasteiger partial charge in [0.2, 0.25) is 0 Å². The molecule has 2 aromatic rings. The molecule has 0 aliphatic rings. The van der Waals surface area contributed by atoms with Crippen LogP contribution < -0.4 is 15.4 Å². The summed E-state index contributed by atoms with van der Waals surface area (Å²) in [6, 6.07) is 14.6. The van der Waals surface area contributed by atoms with Crippen molar-refractivity contribution in [3.8, 4) is 5.75 Å². The number of aliphatic imine (C=N–C) groups is 1. The fourth-order valence-corrected chi connectivity index (χ4v) is 3.01. The second-order valence-electron chi connectivity index (χ2n) is 7.82. The van der Waals surface area contributed by atoms with Crippen molar-refractivity contribution in [3.05, 3.63) is 65.2 Å². The number of hydrogen-bond donors (Lipinski definition) is 3. The Balaban J connectivity index is 0.00000544. The van der Waals surface area contributed by atoms with E-state index in [2.05, 4.69) is 58.3 Å². The Labute approximate surface area is 212 Å². The largest absolute Gasteiger partial charge is 0.435 e. The lowest BCUT2D eigenvalue weighted by Crippen LogP contribution is -2.39. The number of rotatable bonds is 11. The summed E-state index contributed by atoms with van der Waals surface area (Å²) < 4.78 is 28.9. The molecule has 184 valence electrons. The first-order chi connectivity index (χ1) is 15.3. The van der Waals surface area contributed by atoms with E-state index in [4.69, 9.17) is 0 Å². The highest BCUT2D eigenvalue weighted by Gasteiger charge is 2.11. The molecule has 0 fully saturated rings. The average Bonchev–Trinajstić information content (AvgIpc) is 2.76. The zero-order valence-corrected chi connectivity index (χ0v) is 21.9. The van der Waals surface area contributed by atoms with Crippen molar-refractivity contribution < 1.29 is 18.6 Å². The van der Waals surface area contributed by atoms with Crippen molar-refractivity contribution >= 4 is 29.9 Å². The summed E-state index contributed by atoms with van der Waals surface area (Å²) in [5.41, 5.74) is 2.97. The Morgan fingerprint density at radius 3 is 2.27 bits per heavy atom. The van der Waals surface area contributed by atoms with Gasteiger partial charge in [-0.2, -0.15) is 8.78 Å². The molecular formula is C24H35F2IN4O2. The van der Waals surface area contributed by atoms with Gasteiger partial charge >= 0.3 is 6.61 Å². The molecule has 2 rings (SSSR count). The molecule has 0 saturated heterocycles. The SMILES string of the molecule is CCNC(=NCc1ccccc1CN(C)C(C)C)NCC(O)c1ccc(OC(F)F)cc1.I. The van der Waals surface area contributed by atoms with Crippen LogP contribution in [0.2, 0.25) is 0 Å². The third-order valence-corrected chi connectivity index (χ3v) is 5.12. The maximum atomic E-state index is 12.3. The van der Waals surface area contributed by atoms with Crippen LogP contribution in [0.25, 0.3) is 0 Å². The van der Waals surface area contributed by atoms with E-state index >= 15 is 0 Å². The second kappa shape index (κ2) is 15.0. The lowest BCUT2D eigenvalue weighted by molar-refractivity contribution is -0.0498. The first-order valence-corrected chi connectivity index (χ1v) is 10.8. The van der Waals surface area contributed by atoms with Crippen LogP contribution in [0.1, 0.15) is 43.6 Å². The van der Waals surface area contributed by atoms with Crippen molar-refractivity contribution in [2.45, 2.75) is 52.6 Å². The van der Waals surface area contributed by atoms with Crippen molar-refractivity contribution in [1.29, 1.82) is 0 Å². The number of hydrogen-bond acceptors (Lipinski definition) is 4. The van der Waals surface area contributed by atoms with Gasteiger partial charge in [-0.1, -0.05) is 36.4 Å². The van der Waals surface area contributed by atoms with E-state index in [-0.39, 0.29) is 36.3 Å². The zero-order valence-electron chi connectivity index (χ0n) is 19.6. The van der Waals surface area contributed by atoms with E-state index in [0.29, 0.717) is 30.7 Å². The first kappa shape index (κ1) is 29.1. The van der Waals surface area contributed by atoms with Crippen LogP contribution in [-0.2, 0) is 13.1 Å². The Hall–Kier alpha value is -1.98. The Kier molecular flexibility index (Phi) is 13.2. The summed E-state index contributed by atoms with van der Waals surface area (Å²) in [7, 11) is 2.10. The number of benzene rings is 2. The van der Waals surface area contributed by atoms with Gasteiger partial charge in [0.15, 0.2) is 5.96 Å². The topological polar surface area (TPSA) is 69.1 Å². The number of aliphatic hydroxyl groups is 1. The van der Waals surface area contributed by atoms with E-state index in [1.807, 2.05) is 19.1 Å². The van der Waals surface area contributed by atoms with Crippen molar-refractivity contribution in [1.82, 2.24) is 15.5 Å². The number of alkyl halides is 2. The molecule has 0 saturated carbocycles. The predicted molar refractivity (Wildman–Crippen MR) is 139 cm³/mol. The summed E-state index contributed by atoms with van der Waals surface area (Å²) in [6.45, 7) is 5.68. The number of aliphatic hydroxyl groups excluding tert-OH is 1.